The Morgan fingerprint density at radius 3 is 2.17 bits per heavy atom. The highest BCUT2D eigenvalue weighted by atomic mass is 15.2. The summed E-state index contributed by atoms with van der Waals surface area (Å²) in [4.78, 5) is 5.24. The maximum Gasteiger partial charge on any atom is 0.00385 e. The minimum Gasteiger partial charge on any atom is -0.330 e. The van der Waals surface area contributed by atoms with Crippen LogP contribution in [-0.4, -0.2) is 55.1 Å². The standard InChI is InChI=1S/C15H31N3/c1-13(2)18-9-5-14(6-10-18)15(11-16)12-17-7-3-4-8-17/h13-15H,3-12,16H2,1-2H3. The SMILES string of the molecule is CC(C)N1CCC(C(CN)CN2CCCC2)CC1. The molecule has 2 rings (SSSR count). The molecular formula is C15H31N3. The van der Waals surface area contributed by atoms with E-state index in [1.165, 1.54) is 58.4 Å². The van der Waals surface area contributed by atoms with Crippen LogP contribution in [0.15, 0.2) is 0 Å². The molecule has 18 heavy (non-hydrogen) atoms. The molecule has 2 aliphatic rings. The van der Waals surface area contributed by atoms with Gasteiger partial charge in [0.1, 0.15) is 0 Å². The van der Waals surface area contributed by atoms with E-state index >= 15 is 0 Å². The second-order valence-electron chi connectivity index (χ2n) is 6.47. The number of hydrogen-bond donors (Lipinski definition) is 1. The normalized spacial score (nSPS) is 26.0. The maximum absolute atomic E-state index is 6.04. The Morgan fingerprint density at radius 1 is 1.06 bits per heavy atom. The summed E-state index contributed by atoms with van der Waals surface area (Å²) in [5, 5.41) is 0. The number of nitrogens with zero attached hydrogens (tertiary/aromatic N) is 2. The molecular weight excluding hydrogens is 222 g/mol. The van der Waals surface area contributed by atoms with Gasteiger partial charge in [0.25, 0.3) is 0 Å². The molecule has 0 aromatic heterocycles. The topological polar surface area (TPSA) is 32.5 Å². The second-order valence-corrected chi connectivity index (χ2v) is 6.47. The molecule has 0 spiro atoms. The lowest BCUT2D eigenvalue weighted by Gasteiger charge is -2.38. The second kappa shape index (κ2) is 6.88. The van der Waals surface area contributed by atoms with Gasteiger partial charge < -0.3 is 15.5 Å². The van der Waals surface area contributed by atoms with Crippen molar-refractivity contribution in [3.63, 3.8) is 0 Å². The highest BCUT2D eigenvalue weighted by Crippen LogP contribution is 2.27. The largest absolute Gasteiger partial charge is 0.330 e. The Balaban J connectivity index is 1.78. The average Bonchev–Trinajstić information content (AvgIpc) is 2.89. The summed E-state index contributed by atoms with van der Waals surface area (Å²) >= 11 is 0. The summed E-state index contributed by atoms with van der Waals surface area (Å²) in [6, 6.07) is 0.709. The van der Waals surface area contributed by atoms with Gasteiger partial charge in [-0.3, -0.25) is 0 Å². The lowest BCUT2D eigenvalue weighted by Crippen LogP contribution is -2.43. The predicted molar refractivity (Wildman–Crippen MR) is 77.7 cm³/mol. The van der Waals surface area contributed by atoms with Crippen molar-refractivity contribution in [1.29, 1.82) is 0 Å². The van der Waals surface area contributed by atoms with Crippen LogP contribution in [0.4, 0.5) is 0 Å². The van der Waals surface area contributed by atoms with E-state index in [2.05, 4.69) is 23.6 Å². The molecule has 0 saturated carbocycles. The van der Waals surface area contributed by atoms with Crippen molar-refractivity contribution in [3.8, 4) is 0 Å². The molecule has 2 heterocycles. The van der Waals surface area contributed by atoms with Gasteiger partial charge in [-0.15, -0.1) is 0 Å². The van der Waals surface area contributed by atoms with Crippen molar-refractivity contribution in [3.05, 3.63) is 0 Å². The van der Waals surface area contributed by atoms with Crippen LogP contribution in [0, 0.1) is 11.8 Å². The molecule has 3 nitrogen and oxygen atoms in total. The molecule has 1 unspecified atom stereocenters. The number of piperidine rings is 1. The van der Waals surface area contributed by atoms with Crippen molar-refractivity contribution in [2.75, 3.05) is 39.3 Å². The molecule has 3 heteroatoms. The smallest absolute Gasteiger partial charge is 0.00385 e. The van der Waals surface area contributed by atoms with Gasteiger partial charge in [0.15, 0.2) is 0 Å². The quantitative estimate of drug-likeness (QED) is 0.810. The first-order chi connectivity index (χ1) is 8.70. The van der Waals surface area contributed by atoms with Crippen LogP contribution >= 0.6 is 0 Å². The third-order valence-electron chi connectivity index (χ3n) is 4.97. The first-order valence-corrected chi connectivity index (χ1v) is 7.87. The Labute approximate surface area is 113 Å². The first kappa shape index (κ1) is 14.3. The molecule has 2 saturated heterocycles. The van der Waals surface area contributed by atoms with Gasteiger partial charge in [0, 0.05) is 12.6 Å². The molecule has 106 valence electrons. The van der Waals surface area contributed by atoms with Crippen LogP contribution in [0.25, 0.3) is 0 Å². The summed E-state index contributed by atoms with van der Waals surface area (Å²) in [6.07, 6.45) is 5.49. The van der Waals surface area contributed by atoms with E-state index in [1.54, 1.807) is 0 Å². The minimum atomic E-state index is 0.709. The third kappa shape index (κ3) is 3.69. The van der Waals surface area contributed by atoms with Crippen LogP contribution in [0.5, 0.6) is 0 Å². The predicted octanol–water partition coefficient (Wildman–Crippen LogP) is 1.78. The van der Waals surface area contributed by atoms with Gasteiger partial charge in [-0.2, -0.15) is 0 Å². The lowest BCUT2D eigenvalue weighted by atomic mass is 9.83. The van der Waals surface area contributed by atoms with Gasteiger partial charge >= 0.3 is 0 Å². The molecule has 0 amide bonds. The van der Waals surface area contributed by atoms with E-state index in [4.69, 9.17) is 5.73 Å². The summed E-state index contributed by atoms with van der Waals surface area (Å²) in [5.41, 5.74) is 6.04. The van der Waals surface area contributed by atoms with E-state index in [0.717, 1.165) is 18.4 Å². The van der Waals surface area contributed by atoms with Crippen LogP contribution in [-0.2, 0) is 0 Å². The van der Waals surface area contributed by atoms with Crippen LogP contribution in [0.2, 0.25) is 0 Å². The van der Waals surface area contributed by atoms with Gasteiger partial charge in [0.05, 0.1) is 0 Å². The van der Waals surface area contributed by atoms with E-state index in [9.17, 15) is 0 Å². The molecule has 0 aromatic rings. The van der Waals surface area contributed by atoms with Crippen LogP contribution in [0.1, 0.15) is 39.5 Å². The molecule has 0 bridgehead atoms. The summed E-state index contributed by atoms with van der Waals surface area (Å²) in [5.74, 6) is 1.60. The number of hydrogen-bond acceptors (Lipinski definition) is 3. The number of nitrogens with two attached hydrogens (primary N) is 1. The number of likely N-dealkylation sites (tertiary alicyclic amines) is 2. The van der Waals surface area contributed by atoms with Crippen molar-refractivity contribution >= 4 is 0 Å². The fourth-order valence-corrected chi connectivity index (χ4v) is 3.62. The zero-order valence-electron chi connectivity index (χ0n) is 12.3. The van der Waals surface area contributed by atoms with Gasteiger partial charge in [-0.25, -0.2) is 0 Å². The van der Waals surface area contributed by atoms with Gasteiger partial charge in [-0.1, -0.05) is 0 Å². The third-order valence-corrected chi connectivity index (χ3v) is 4.97. The van der Waals surface area contributed by atoms with E-state index < -0.39 is 0 Å². The molecule has 1 atom stereocenters. The Morgan fingerprint density at radius 2 is 1.67 bits per heavy atom. The van der Waals surface area contributed by atoms with Gasteiger partial charge in [0.2, 0.25) is 0 Å². The fraction of sp³-hybridized carbons (Fsp3) is 1.00. The van der Waals surface area contributed by atoms with Gasteiger partial charge in [-0.05, 0) is 84.1 Å². The van der Waals surface area contributed by atoms with Crippen molar-refractivity contribution in [2.24, 2.45) is 17.6 Å². The fourth-order valence-electron chi connectivity index (χ4n) is 3.62. The summed E-state index contributed by atoms with van der Waals surface area (Å²) < 4.78 is 0. The maximum atomic E-state index is 6.04. The minimum absolute atomic E-state index is 0.709. The van der Waals surface area contributed by atoms with E-state index in [0.29, 0.717) is 6.04 Å². The zero-order valence-corrected chi connectivity index (χ0v) is 12.3. The van der Waals surface area contributed by atoms with Crippen molar-refractivity contribution in [2.45, 2.75) is 45.6 Å². The summed E-state index contributed by atoms with van der Waals surface area (Å²) in [6.45, 7) is 11.9. The van der Waals surface area contributed by atoms with E-state index in [1.807, 2.05) is 0 Å². The molecule has 2 fully saturated rings. The Bertz CT molecular complexity index is 228. The monoisotopic (exact) mass is 253 g/mol. The number of rotatable bonds is 5. The molecule has 0 aliphatic carbocycles. The van der Waals surface area contributed by atoms with E-state index in [-0.39, 0.29) is 0 Å². The lowest BCUT2D eigenvalue weighted by molar-refractivity contribution is 0.108. The van der Waals surface area contributed by atoms with Crippen molar-refractivity contribution in [1.82, 2.24) is 9.80 Å². The molecule has 2 N–H and O–H groups in total. The van der Waals surface area contributed by atoms with Crippen LogP contribution < -0.4 is 5.73 Å². The molecule has 0 radical (unpaired) electrons. The van der Waals surface area contributed by atoms with Crippen molar-refractivity contribution < 1.29 is 0 Å². The average molecular weight is 253 g/mol. The highest BCUT2D eigenvalue weighted by Gasteiger charge is 2.28. The first-order valence-electron chi connectivity index (χ1n) is 7.87. The van der Waals surface area contributed by atoms with Crippen LogP contribution in [0.3, 0.4) is 0 Å². The molecule has 0 aromatic carbocycles. The molecule has 2 aliphatic heterocycles. The highest BCUT2D eigenvalue weighted by molar-refractivity contribution is 4.82. The Hall–Kier alpha value is -0.120. The zero-order chi connectivity index (χ0) is 13.0. The summed E-state index contributed by atoms with van der Waals surface area (Å²) in [7, 11) is 0. The Kier molecular flexibility index (Phi) is 5.46.